The fourth-order valence-electron chi connectivity index (χ4n) is 2.09. The normalized spacial score (nSPS) is 10.4. The van der Waals surface area contributed by atoms with Crippen molar-refractivity contribution in [1.29, 1.82) is 0 Å². The van der Waals surface area contributed by atoms with Crippen LogP contribution < -0.4 is 9.64 Å². The molecule has 2 rings (SSSR count). The molecule has 0 N–H and O–H groups in total. The molecule has 0 atom stereocenters. The molecular formula is C16H19BrN2O. The monoisotopic (exact) mass is 334 g/mol. The van der Waals surface area contributed by atoms with E-state index in [1.807, 2.05) is 19.3 Å². The molecule has 1 heterocycles. The molecule has 20 heavy (non-hydrogen) atoms. The second-order valence-corrected chi connectivity index (χ2v) is 5.55. The van der Waals surface area contributed by atoms with Crippen LogP contribution in [0.5, 0.6) is 5.75 Å². The van der Waals surface area contributed by atoms with E-state index < -0.39 is 0 Å². The predicted molar refractivity (Wildman–Crippen MR) is 87.1 cm³/mol. The molecule has 2 aromatic rings. The predicted octanol–water partition coefficient (Wildman–Crippen LogP) is 4.49. The van der Waals surface area contributed by atoms with Crippen LogP contribution in [-0.2, 0) is 6.42 Å². The largest absolute Gasteiger partial charge is 0.496 e. The minimum atomic E-state index is 0.929. The topological polar surface area (TPSA) is 25.4 Å². The lowest BCUT2D eigenvalue weighted by Gasteiger charge is -2.20. The van der Waals surface area contributed by atoms with Gasteiger partial charge >= 0.3 is 0 Å². The van der Waals surface area contributed by atoms with Gasteiger partial charge in [-0.05, 0) is 64.7 Å². The van der Waals surface area contributed by atoms with Gasteiger partial charge in [0.2, 0.25) is 0 Å². The highest BCUT2D eigenvalue weighted by Crippen LogP contribution is 2.29. The van der Waals surface area contributed by atoms with Gasteiger partial charge in [-0.1, -0.05) is 6.92 Å². The average molecular weight is 335 g/mol. The Balaban J connectivity index is 2.37. The number of methoxy groups -OCH3 is 1. The van der Waals surface area contributed by atoms with Crippen molar-refractivity contribution in [1.82, 2.24) is 4.98 Å². The first-order valence-electron chi connectivity index (χ1n) is 6.59. The van der Waals surface area contributed by atoms with E-state index in [0.717, 1.165) is 28.1 Å². The first-order valence-corrected chi connectivity index (χ1v) is 7.39. The van der Waals surface area contributed by atoms with Crippen LogP contribution in [0.2, 0.25) is 0 Å². The molecule has 0 spiro atoms. The third kappa shape index (κ3) is 2.96. The van der Waals surface area contributed by atoms with Gasteiger partial charge in [-0.25, -0.2) is 4.98 Å². The number of pyridine rings is 1. The lowest BCUT2D eigenvalue weighted by atomic mass is 10.1. The van der Waals surface area contributed by atoms with Crippen molar-refractivity contribution < 1.29 is 4.74 Å². The standard InChI is InChI=1S/C16H19BrN2O/c1-5-12-9-13(6-7-15(12)20-4)19(3)16-8-11(2)14(17)10-18-16/h6-10H,5H2,1-4H3. The van der Waals surface area contributed by atoms with E-state index in [0.29, 0.717) is 0 Å². The molecule has 106 valence electrons. The summed E-state index contributed by atoms with van der Waals surface area (Å²) in [6, 6.07) is 8.28. The zero-order valence-electron chi connectivity index (χ0n) is 12.3. The maximum Gasteiger partial charge on any atom is 0.132 e. The average Bonchev–Trinajstić information content (AvgIpc) is 2.48. The van der Waals surface area contributed by atoms with Gasteiger partial charge in [0, 0.05) is 23.4 Å². The highest BCUT2D eigenvalue weighted by Gasteiger charge is 2.09. The van der Waals surface area contributed by atoms with Crippen LogP contribution in [-0.4, -0.2) is 19.1 Å². The molecule has 0 aliphatic heterocycles. The van der Waals surface area contributed by atoms with Gasteiger partial charge < -0.3 is 9.64 Å². The van der Waals surface area contributed by atoms with E-state index in [1.165, 1.54) is 11.1 Å². The summed E-state index contributed by atoms with van der Waals surface area (Å²) in [4.78, 5) is 6.54. The number of hydrogen-bond donors (Lipinski definition) is 0. The summed E-state index contributed by atoms with van der Waals surface area (Å²) in [5.41, 5.74) is 3.48. The Morgan fingerprint density at radius 1 is 1.30 bits per heavy atom. The third-order valence-electron chi connectivity index (χ3n) is 3.41. The first kappa shape index (κ1) is 14.9. The van der Waals surface area contributed by atoms with Crippen LogP contribution >= 0.6 is 15.9 Å². The Morgan fingerprint density at radius 2 is 2.05 bits per heavy atom. The molecule has 0 saturated carbocycles. The Kier molecular flexibility index (Phi) is 4.65. The number of aryl methyl sites for hydroxylation is 2. The molecule has 0 amide bonds. The molecule has 1 aromatic carbocycles. The van der Waals surface area contributed by atoms with Crippen molar-refractivity contribution in [3.8, 4) is 5.75 Å². The summed E-state index contributed by atoms with van der Waals surface area (Å²) >= 11 is 3.48. The van der Waals surface area contributed by atoms with Crippen molar-refractivity contribution in [2.75, 3.05) is 19.1 Å². The molecule has 1 aromatic heterocycles. The molecule has 3 nitrogen and oxygen atoms in total. The minimum absolute atomic E-state index is 0.929. The second kappa shape index (κ2) is 6.27. The van der Waals surface area contributed by atoms with Gasteiger partial charge in [-0.2, -0.15) is 0 Å². The number of nitrogens with zero attached hydrogens (tertiary/aromatic N) is 2. The van der Waals surface area contributed by atoms with E-state index in [1.54, 1.807) is 7.11 Å². The fourth-order valence-corrected chi connectivity index (χ4v) is 2.31. The van der Waals surface area contributed by atoms with E-state index in [4.69, 9.17) is 4.74 Å². The van der Waals surface area contributed by atoms with Crippen LogP contribution in [0.1, 0.15) is 18.1 Å². The lowest BCUT2D eigenvalue weighted by Crippen LogP contribution is -2.11. The fraction of sp³-hybridized carbons (Fsp3) is 0.312. The molecule has 0 radical (unpaired) electrons. The second-order valence-electron chi connectivity index (χ2n) is 4.70. The van der Waals surface area contributed by atoms with Crippen LogP contribution in [0.4, 0.5) is 11.5 Å². The molecule has 0 aliphatic rings. The molecule has 0 aliphatic carbocycles. The van der Waals surface area contributed by atoms with Gasteiger partial charge in [0.15, 0.2) is 0 Å². The van der Waals surface area contributed by atoms with E-state index in [9.17, 15) is 0 Å². The van der Waals surface area contributed by atoms with Crippen molar-refractivity contribution in [2.45, 2.75) is 20.3 Å². The molecule has 4 heteroatoms. The maximum absolute atomic E-state index is 5.37. The van der Waals surface area contributed by atoms with Gasteiger partial charge in [-0.15, -0.1) is 0 Å². The number of rotatable bonds is 4. The number of halogens is 1. The Bertz CT molecular complexity index is 613. The van der Waals surface area contributed by atoms with Gasteiger partial charge in [-0.3, -0.25) is 0 Å². The van der Waals surface area contributed by atoms with Crippen LogP contribution in [0, 0.1) is 6.92 Å². The first-order chi connectivity index (χ1) is 9.56. The zero-order valence-corrected chi connectivity index (χ0v) is 13.9. The molecular weight excluding hydrogens is 316 g/mol. The number of ether oxygens (including phenoxy) is 1. The SMILES string of the molecule is CCc1cc(N(C)c2cc(C)c(Br)cn2)ccc1OC. The highest BCUT2D eigenvalue weighted by atomic mass is 79.9. The summed E-state index contributed by atoms with van der Waals surface area (Å²) in [6.45, 7) is 4.19. The van der Waals surface area contributed by atoms with Gasteiger partial charge in [0.1, 0.15) is 11.6 Å². The van der Waals surface area contributed by atoms with E-state index >= 15 is 0 Å². The summed E-state index contributed by atoms with van der Waals surface area (Å²) < 4.78 is 6.40. The van der Waals surface area contributed by atoms with Gasteiger partial charge in [0.25, 0.3) is 0 Å². The van der Waals surface area contributed by atoms with Crippen molar-refractivity contribution in [3.05, 3.63) is 46.1 Å². The molecule has 0 unspecified atom stereocenters. The smallest absolute Gasteiger partial charge is 0.132 e. The third-order valence-corrected chi connectivity index (χ3v) is 4.24. The van der Waals surface area contributed by atoms with Crippen molar-refractivity contribution >= 4 is 27.4 Å². The van der Waals surface area contributed by atoms with Gasteiger partial charge in [0.05, 0.1) is 7.11 Å². The zero-order chi connectivity index (χ0) is 14.7. The Labute approximate surface area is 128 Å². The summed E-state index contributed by atoms with van der Waals surface area (Å²) in [5.74, 6) is 1.86. The molecule has 0 saturated heterocycles. The van der Waals surface area contributed by atoms with Crippen molar-refractivity contribution in [2.24, 2.45) is 0 Å². The van der Waals surface area contributed by atoms with Crippen LogP contribution in [0.15, 0.2) is 34.9 Å². The quantitative estimate of drug-likeness (QED) is 0.823. The van der Waals surface area contributed by atoms with Crippen molar-refractivity contribution in [3.63, 3.8) is 0 Å². The number of aromatic nitrogens is 1. The maximum atomic E-state index is 5.37. The Morgan fingerprint density at radius 3 is 2.65 bits per heavy atom. The number of benzene rings is 1. The summed E-state index contributed by atoms with van der Waals surface area (Å²) in [7, 11) is 3.73. The Hall–Kier alpha value is -1.55. The number of anilines is 2. The number of hydrogen-bond acceptors (Lipinski definition) is 3. The minimum Gasteiger partial charge on any atom is -0.496 e. The van der Waals surface area contributed by atoms with E-state index in [-0.39, 0.29) is 0 Å². The molecule has 0 fully saturated rings. The lowest BCUT2D eigenvalue weighted by molar-refractivity contribution is 0.410. The van der Waals surface area contributed by atoms with Crippen LogP contribution in [0.3, 0.4) is 0 Å². The molecule has 0 bridgehead atoms. The highest BCUT2D eigenvalue weighted by molar-refractivity contribution is 9.10. The summed E-state index contributed by atoms with van der Waals surface area (Å²) in [5, 5.41) is 0. The summed E-state index contributed by atoms with van der Waals surface area (Å²) in [6.07, 6.45) is 2.78. The van der Waals surface area contributed by atoms with Crippen LogP contribution in [0.25, 0.3) is 0 Å². The van der Waals surface area contributed by atoms with E-state index in [2.05, 4.69) is 57.9 Å².